The van der Waals surface area contributed by atoms with Gasteiger partial charge in [-0.3, -0.25) is 15.0 Å². The Bertz CT molecular complexity index is 394. The van der Waals surface area contributed by atoms with Crippen LogP contribution >= 0.6 is 11.3 Å². The third kappa shape index (κ3) is 3.24. The van der Waals surface area contributed by atoms with Gasteiger partial charge in [0.2, 0.25) is 0 Å². The summed E-state index contributed by atoms with van der Waals surface area (Å²) in [6.45, 7) is 2.94. The Morgan fingerprint density at radius 3 is 3.18 bits per heavy atom. The van der Waals surface area contributed by atoms with Gasteiger partial charge in [0.05, 0.1) is 4.92 Å². The highest BCUT2D eigenvalue weighted by Gasteiger charge is 2.19. The Morgan fingerprint density at radius 1 is 1.71 bits per heavy atom. The molecule has 1 atom stereocenters. The summed E-state index contributed by atoms with van der Waals surface area (Å²) >= 11 is 1.21. The highest BCUT2D eigenvalue weighted by molar-refractivity contribution is 7.13. The second-order valence-electron chi connectivity index (χ2n) is 4.41. The summed E-state index contributed by atoms with van der Waals surface area (Å²) in [5, 5.41) is 16.0. The van der Waals surface area contributed by atoms with Gasteiger partial charge < -0.3 is 5.32 Å². The molecule has 2 rings (SSSR count). The zero-order valence-electron chi connectivity index (χ0n) is 9.89. The lowest BCUT2D eigenvalue weighted by Crippen LogP contribution is -2.43. The van der Waals surface area contributed by atoms with Crippen LogP contribution in [-0.2, 0) is 6.54 Å². The minimum atomic E-state index is -0.319. The summed E-state index contributed by atoms with van der Waals surface area (Å²) in [4.78, 5) is 12.6. The first kappa shape index (κ1) is 12.5. The fourth-order valence-corrected chi connectivity index (χ4v) is 2.95. The quantitative estimate of drug-likeness (QED) is 0.659. The lowest BCUT2D eigenvalue weighted by atomic mass is 10.1. The zero-order chi connectivity index (χ0) is 12.3. The second-order valence-corrected chi connectivity index (χ2v) is 5.30. The maximum absolute atomic E-state index is 10.6. The normalized spacial score (nSPS) is 21.6. The van der Waals surface area contributed by atoms with Gasteiger partial charge in [-0.1, -0.05) is 11.3 Å². The fourth-order valence-electron chi connectivity index (χ4n) is 2.23. The molecule has 0 spiro atoms. The van der Waals surface area contributed by atoms with Crippen LogP contribution in [0.15, 0.2) is 11.4 Å². The van der Waals surface area contributed by atoms with E-state index >= 15 is 0 Å². The van der Waals surface area contributed by atoms with Gasteiger partial charge in [-0.05, 0) is 32.0 Å². The van der Waals surface area contributed by atoms with Crippen LogP contribution in [0.25, 0.3) is 0 Å². The highest BCUT2D eigenvalue weighted by Crippen LogP contribution is 2.24. The van der Waals surface area contributed by atoms with E-state index < -0.39 is 0 Å². The smallest absolute Gasteiger partial charge is 0.316 e. The molecule has 1 N–H and O–H groups in total. The van der Waals surface area contributed by atoms with Gasteiger partial charge in [-0.2, -0.15) is 0 Å². The molecule has 0 bridgehead atoms. The van der Waals surface area contributed by atoms with E-state index in [1.165, 1.54) is 24.2 Å². The van der Waals surface area contributed by atoms with Gasteiger partial charge in [0, 0.05) is 30.6 Å². The number of hydrogen-bond donors (Lipinski definition) is 1. The monoisotopic (exact) mass is 255 g/mol. The molecule has 17 heavy (non-hydrogen) atoms. The number of nitro groups is 1. The molecule has 2 heterocycles. The number of likely N-dealkylation sites (tertiary alicyclic amines) is 1. The number of likely N-dealkylation sites (N-methyl/N-ethyl adjacent to an activating group) is 1. The molecule has 1 aromatic rings. The average Bonchev–Trinajstić information content (AvgIpc) is 2.78. The number of piperidine rings is 1. The molecule has 0 amide bonds. The standard InChI is InChI=1S/C11H17N3O2S/c1-12-10-3-2-4-13(7-10)6-9-5-11(14(15)16)17-8-9/h5,8,10,12H,2-4,6-7H2,1H3. The van der Waals surface area contributed by atoms with E-state index in [1.807, 2.05) is 12.4 Å². The van der Waals surface area contributed by atoms with Crippen molar-refractivity contribution < 1.29 is 4.92 Å². The van der Waals surface area contributed by atoms with Gasteiger partial charge in [0.15, 0.2) is 0 Å². The van der Waals surface area contributed by atoms with Crippen molar-refractivity contribution in [1.29, 1.82) is 0 Å². The Hall–Kier alpha value is -0.980. The largest absolute Gasteiger partial charge is 0.324 e. The topological polar surface area (TPSA) is 58.4 Å². The van der Waals surface area contributed by atoms with Gasteiger partial charge in [0.1, 0.15) is 0 Å². The molecule has 0 saturated carbocycles. The second kappa shape index (κ2) is 5.57. The summed E-state index contributed by atoms with van der Waals surface area (Å²) in [5.41, 5.74) is 1.05. The van der Waals surface area contributed by atoms with Crippen LogP contribution in [0.4, 0.5) is 5.00 Å². The van der Waals surface area contributed by atoms with E-state index in [0.29, 0.717) is 6.04 Å². The summed E-state index contributed by atoms with van der Waals surface area (Å²) in [6, 6.07) is 2.24. The number of hydrogen-bond acceptors (Lipinski definition) is 5. The van der Waals surface area contributed by atoms with Crippen LogP contribution in [0.5, 0.6) is 0 Å². The lowest BCUT2D eigenvalue weighted by Gasteiger charge is -2.32. The summed E-state index contributed by atoms with van der Waals surface area (Å²) in [6.07, 6.45) is 2.41. The van der Waals surface area contributed by atoms with Crippen LogP contribution in [0, 0.1) is 10.1 Å². The van der Waals surface area contributed by atoms with Crippen molar-refractivity contribution in [2.75, 3.05) is 20.1 Å². The number of rotatable bonds is 4. The minimum absolute atomic E-state index is 0.238. The molecule has 1 unspecified atom stereocenters. The number of nitrogens with zero attached hydrogens (tertiary/aromatic N) is 2. The van der Waals surface area contributed by atoms with Crippen LogP contribution < -0.4 is 5.32 Å². The maximum Gasteiger partial charge on any atom is 0.324 e. The number of thiophene rings is 1. The van der Waals surface area contributed by atoms with Crippen molar-refractivity contribution >= 4 is 16.3 Å². The van der Waals surface area contributed by atoms with E-state index in [-0.39, 0.29) is 9.92 Å². The molecule has 94 valence electrons. The Balaban J connectivity index is 1.93. The van der Waals surface area contributed by atoms with Crippen LogP contribution in [-0.4, -0.2) is 36.0 Å². The molecule has 5 nitrogen and oxygen atoms in total. The predicted octanol–water partition coefficient (Wildman–Crippen LogP) is 1.84. The molecule has 1 aliphatic rings. The first-order valence-corrected chi connectivity index (χ1v) is 6.68. The maximum atomic E-state index is 10.6. The Labute approximate surface area is 105 Å². The number of nitrogens with one attached hydrogen (secondary N) is 1. The molecule has 1 aromatic heterocycles. The zero-order valence-corrected chi connectivity index (χ0v) is 10.7. The first-order valence-electron chi connectivity index (χ1n) is 5.80. The van der Waals surface area contributed by atoms with E-state index in [0.717, 1.165) is 25.2 Å². The van der Waals surface area contributed by atoms with Crippen LogP contribution in [0.3, 0.4) is 0 Å². The average molecular weight is 255 g/mol. The molecular weight excluding hydrogens is 238 g/mol. The SMILES string of the molecule is CNC1CCCN(Cc2csc([N+](=O)[O-])c2)C1. The van der Waals surface area contributed by atoms with Crippen molar-refractivity contribution in [2.24, 2.45) is 0 Å². The van der Waals surface area contributed by atoms with Gasteiger partial charge >= 0.3 is 5.00 Å². The van der Waals surface area contributed by atoms with Crippen molar-refractivity contribution in [3.63, 3.8) is 0 Å². The van der Waals surface area contributed by atoms with E-state index in [1.54, 1.807) is 6.07 Å². The van der Waals surface area contributed by atoms with E-state index in [9.17, 15) is 10.1 Å². The summed E-state index contributed by atoms with van der Waals surface area (Å²) < 4.78 is 0. The third-order valence-electron chi connectivity index (χ3n) is 3.14. The molecule has 0 aromatic carbocycles. The summed E-state index contributed by atoms with van der Waals surface area (Å²) in [7, 11) is 1.99. The molecule has 1 fully saturated rings. The van der Waals surface area contributed by atoms with Gasteiger partial charge in [-0.15, -0.1) is 0 Å². The molecule has 6 heteroatoms. The van der Waals surface area contributed by atoms with Crippen molar-refractivity contribution in [3.8, 4) is 0 Å². The molecular formula is C11H17N3O2S. The molecule has 1 saturated heterocycles. The van der Waals surface area contributed by atoms with Crippen molar-refractivity contribution in [3.05, 3.63) is 27.1 Å². The fraction of sp³-hybridized carbons (Fsp3) is 0.636. The lowest BCUT2D eigenvalue weighted by molar-refractivity contribution is -0.380. The third-order valence-corrected chi connectivity index (χ3v) is 4.07. The predicted molar refractivity (Wildman–Crippen MR) is 68.3 cm³/mol. The Morgan fingerprint density at radius 2 is 2.53 bits per heavy atom. The minimum Gasteiger partial charge on any atom is -0.316 e. The molecule has 1 aliphatic heterocycles. The highest BCUT2D eigenvalue weighted by atomic mass is 32.1. The van der Waals surface area contributed by atoms with Gasteiger partial charge in [-0.25, -0.2) is 0 Å². The Kier molecular flexibility index (Phi) is 4.09. The van der Waals surface area contributed by atoms with E-state index in [2.05, 4.69) is 10.2 Å². The van der Waals surface area contributed by atoms with Crippen molar-refractivity contribution in [2.45, 2.75) is 25.4 Å². The molecule has 0 radical (unpaired) electrons. The van der Waals surface area contributed by atoms with Gasteiger partial charge in [0.25, 0.3) is 0 Å². The van der Waals surface area contributed by atoms with Crippen LogP contribution in [0.1, 0.15) is 18.4 Å². The van der Waals surface area contributed by atoms with E-state index in [4.69, 9.17) is 0 Å². The van der Waals surface area contributed by atoms with Crippen LogP contribution in [0.2, 0.25) is 0 Å². The van der Waals surface area contributed by atoms with Crippen molar-refractivity contribution in [1.82, 2.24) is 10.2 Å². The molecule has 0 aliphatic carbocycles. The summed E-state index contributed by atoms with van der Waals surface area (Å²) in [5.74, 6) is 0. The first-order chi connectivity index (χ1) is 8.19.